The second kappa shape index (κ2) is 9.74. The van der Waals surface area contributed by atoms with Gasteiger partial charge in [-0.25, -0.2) is 0 Å². The van der Waals surface area contributed by atoms with Gasteiger partial charge in [-0.1, -0.05) is 0 Å². The SMILES string of the molecule is CNC(=S)N/N=C(CCc1ccncc1)\C(C)=N\NC(N)=S. The topological polar surface area (TPSA) is 99.7 Å². The predicted molar refractivity (Wildman–Crippen MR) is 97.8 cm³/mol. The standard InChI is InChI=1S/C13H19N7S2/c1-9(17-19-12(14)21)11(18-20-13(22)15-2)4-3-10-5-7-16-8-6-10/h5-8H,3-4H2,1-2H3,(H3,14,19,21)(H2,15,20,22)/b17-9+,18-11-. The van der Waals surface area contributed by atoms with Crippen LogP contribution in [0.2, 0.25) is 0 Å². The van der Waals surface area contributed by atoms with E-state index < -0.39 is 0 Å². The number of hydrogen-bond donors (Lipinski definition) is 4. The summed E-state index contributed by atoms with van der Waals surface area (Å²) in [4.78, 5) is 4.00. The van der Waals surface area contributed by atoms with E-state index in [1.54, 1.807) is 19.4 Å². The summed E-state index contributed by atoms with van der Waals surface area (Å²) < 4.78 is 0. The molecule has 5 N–H and O–H groups in total. The van der Waals surface area contributed by atoms with Crippen molar-refractivity contribution in [3.8, 4) is 0 Å². The normalized spacial score (nSPS) is 11.7. The Hall–Kier alpha value is -2.13. The molecule has 0 aromatic carbocycles. The highest BCUT2D eigenvalue weighted by atomic mass is 32.1. The van der Waals surface area contributed by atoms with Crippen LogP contribution in [0.15, 0.2) is 34.7 Å². The van der Waals surface area contributed by atoms with E-state index in [1.807, 2.05) is 19.1 Å². The maximum atomic E-state index is 5.37. The van der Waals surface area contributed by atoms with Crippen molar-refractivity contribution in [2.24, 2.45) is 15.9 Å². The zero-order valence-electron chi connectivity index (χ0n) is 12.5. The van der Waals surface area contributed by atoms with Gasteiger partial charge in [0, 0.05) is 19.4 Å². The number of hydrazone groups is 2. The van der Waals surface area contributed by atoms with Crippen molar-refractivity contribution in [3.63, 3.8) is 0 Å². The molecule has 0 bridgehead atoms. The van der Waals surface area contributed by atoms with Crippen LogP contribution in [0.25, 0.3) is 0 Å². The van der Waals surface area contributed by atoms with Crippen molar-refractivity contribution >= 4 is 46.1 Å². The fraction of sp³-hybridized carbons (Fsp3) is 0.308. The zero-order chi connectivity index (χ0) is 16.4. The quantitative estimate of drug-likeness (QED) is 0.344. The number of nitrogens with two attached hydrogens (primary N) is 1. The third kappa shape index (κ3) is 7.04. The monoisotopic (exact) mass is 337 g/mol. The lowest BCUT2D eigenvalue weighted by Gasteiger charge is -2.08. The second-order valence-corrected chi connectivity index (χ2v) is 5.13. The lowest BCUT2D eigenvalue weighted by atomic mass is 10.1. The molecule has 0 amide bonds. The van der Waals surface area contributed by atoms with Crippen LogP contribution in [-0.4, -0.2) is 33.7 Å². The minimum absolute atomic E-state index is 0.103. The summed E-state index contributed by atoms with van der Waals surface area (Å²) >= 11 is 9.74. The number of nitrogens with zero attached hydrogens (tertiary/aromatic N) is 3. The molecule has 0 radical (unpaired) electrons. The van der Waals surface area contributed by atoms with Gasteiger partial charge in [0.05, 0.1) is 11.4 Å². The van der Waals surface area contributed by atoms with Crippen LogP contribution in [0.5, 0.6) is 0 Å². The molecule has 9 heteroatoms. The van der Waals surface area contributed by atoms with Crippen LogP contribution >= 0.6 is 24.4 Å². The Bertz CT molecular complexity index is 569. The summed E-state index contributed by atoms with van der Waals surface area (Å²) in [7, 11) is 1.72. The first-order valence-corrected chi connectivity index (χ1v) is 7.38. The Kier molecular flexibility index (Phi) is 7.94. The third-order valence-electron chi connectivity index (χ3n) is 2.67. The van der Waals surface area contributed by atoms with Crippen molar-refractivity contribution in [1.29, 1.82) is 0 Å². The lowest BCUT2D eigenvalue weighted by molar-refractivity contribution is 0.946. The molecule has 118 valence electrons. The first kappa shape index (κ1) is 17.9. The van der Waals surface area contributed by atoms with Crippen molar-refractivity contribution in [2.75, 3.05) is 7.05 Å². The fourth-order valence-corrected chi connectivity index (χ4v) is 1.60. The van der Waals surface area contributed by atoms with Gasteiger partial charge in [-0.05, 0) is 61.9 Å². The Balaban J connectivity index is 2.79. The van der Waals surface area contributed by atoms with Crippen LogP contribution in [-0.2, 0) is 6.42 Å². The molecule has 0 aliphatic rings. The van der Waals surface area contributed by atoms with Gasteiger partial charge < -0.3 is 11.1 Å². The van der Waals surface area contributed by atoms with E-state index in [9.17, 15) is 0 Å². The summed E-state index contributed by atoms with van der Waals surface area (Å²) in [5.74, 6) is 0. The Morgan fingerprint density at radius 3 is 2.50 bits per heavy atom. The Morgan fingerprint density at radius 1 is 1.23 bits per heavy atom. The number of rotatable bonds is 6. The highest BCUT2D eigenvalue weighted by molar-refractivity contribution is 7.80. The molecule has 0 aliphatic heterocycles. The molecule has 1 aromatic heterocycles. The molecule has 0 unspecified atom stereocenters. The van der Waals surface area contributed by atoms with Crippen LogP contribution in [0.3, 0.4) is 0 Å². The van der Waals surface area contributed by atoms with Gasteiger partial charge in [0.1, 0.15) is 0 Å². The minimum atomic E-state index is 0.103. The molecule has 0 aliphatic carbocycles. The van der Waals surface area contributed by atoms with E-state index >= 15 is 0 Å². The largest absolute Gasteiger partial charge is 0.375 e. The molecule has 1 aromatic rings. The highest BCUT2D eigenvalue weighted by Gasteiger charge is 2.06. The van der Waals surface area contributed by atoms with Crippen molar-refractivity contribution in [3.05, 3.63) is 30.1 Å². The molecule has 22 heavy (non-hydrogen) atoms. The zero-order valence-corrected chi connectivity index (χ0v) is 14.1. The molecule has 0 saturated carbocycles. The maximum absolute atomic E-state index is 5.37. The lowest BCUT2D eigenvalue weighted by Crippen LogP contribution is -2.31. The summed E-state index contributed by atoms with van der Waals surface area (Å²) in [6, 6.07) is 3.92. The van der Waals surface area contributed by atoms with Gasteiger partial charge in [-0.15, -0.1) is 0 Å². The molecular formula is C13H19N7S2. The predicted octanol–water partition coefficient (Wildman–Crippen LogP) is 0.673. The van der Waals surface area contributed by atoms with Gasteiger partial charge in [-0.3, -0.25) is 15.8 Å². The van der Waals surface area contributed by atoms with Gasteiger partial charge in [0.15, 0.2) is 10.2 Å². The van der Waals surface area contributed by atoms with Crippen LogP contribution in [0, 0.1) is 0 Å². The molecule has 0 fully saturated rings. The first-order valence-electron chi connectivity index (χ1n) is 6.56. The summed E-state index contributed by atoms with van der Waals surface area (Å²) in [6.07, 6.45) is 5.00. The number of thiocarbonyl (C=S) groups is 2. The number of aryl methyl sites for hydroxylation is 1. The summed E-state index contributed by atoms with van der Waals surface area (Å²) in [6.45, 7) is 1.82. The van der Waals surface area contributed by atoms with Gasteiger partial charge >= 0.3 is 0 Å². The molecule has 0 spiro atoms. The Labute approximate surface area is 140 Å². The number of nitrogens with one attached hydrogen (secondary N) is 3. The Morgan fingerprint density at radius 2 is 1.91 bits per heavy atom. The van der Waals surface area contributed by atoms with Crippen LogP contribution in [0.1, 0.15) is 18.9 Å². The highest BCUT2D eigenvalue weighted by Crippen LogP contribution is 2.03. The van der Waals surface area contributed by atoms with Crippen LogP contribution < -0.4 is 21.9 Å². The third-order valence-corrected chi connectivity index (χ3v) is 3.06. The van der Waals surface area contributed by atoms with Gasteiger partial charge in [0.2, 0.25) is 0 Å². The van der Waals surface area contributed by atoms with Crippen LogP contribution in [0.4, 0.5) is 0 Å². The van der Waals surface area contributed by atoms with Crippen molar-refractivity contribution in [2.45, 2.75) is 19.8 Å². The summed E-state index contributed by atoms with van der Waals surface area (Å²) in [5.41, 5.74) is 13.3. The molecule has 7 nitrogen and oxygen atoms in total. The van der Waals surface area contributed by atoms with E-state index in [4.69, 9.17) is 30.2 Å². The van der Waals surface area contributed by atoms with E-state index in [0.29, 0.717) is 17.2 Å². The second-order valence-electron chi connectivity index (χ2n) is 4.28. The average molecular weight is 337 g/mol. The maximum Gasteiger partial charge on any atom is 0.186 e. The summed E-state index contributed by atoms with van der Waals surface area (Å²) in [5, 5.41) is 11.7. The average Bonchev–Trinajstić information content (AvgIpc) is 2.53. The smallest absolute Gasteiger partial charge is 0.186 e. The molecular weight excluding hydrogens is 318 g/mol. The van der Waals surface area contributed by atoms with E-state index in [0.717, 1.165) is 17.7 Å². The number of hydrogen-bond acceptors (Lipinski definition) is 5. The van der Waals surface area contributed by atoms with E-state index in [-0.39, 0.29) is 5.11 Å². The molecule has 1 rings (SSSR count). The first-order chi connectivity index (χ1) is 10.5. The number of aromatic nitrogens is 1. The molecule has 0 atom stereocenters. The molecule has 1 heterocycles. The fourth-order valence-electron chi connectivity index (χ4n) is 1.51. The van der Waals surface area contributed by atoms with E-state index in [1.165, 1.54) is 0 Å². The van der Waals surface area contributed by atoms with Gasteiger partial charge in [-0.2, -0.15) is 10.2 Å². The number of pyridine rings is 1. The van der Waals surface area contributed by atoms with E-state index in [2.05, 4.69) is 31.4 Å². The van der Waals surface area contributed by atoms with Crippen molar-refractivity contribution in [1.82, 2.24) is 21.2 Å². The minimum Gasteiger partial charge on any atom is -0.375 e. The molecule has 0 saturated heterocycles. The van der Waals surface area contributed by atoms with Gasteiger partial charge in [0.25, 0.3) is 0 Å². The van der Waals surface area contributed by atoms with Crippen molar-refractivity contribution < 1.29 is 0 Å².